The Bertz CT molecular complexity index is 146. The summed E-state index contributed by atoms with van der Waals surface area (Å²) in [6.45, 7) is 1.62. The van der Waals surface area contributed by atoms with Crippen molar-refractivity contribution in [3.63, 3.8) is 0 Å². The van der Waals surface area contributed by atoms with Crippen molar-refractivity contribution in [3.05, 3.63) is 12.7 Å². The fraction of sp³-hybridized carbons (Fsp3) is 0.500. The van der Waals surface area contributed by atoms with Gasteiger partial charge in [-0.05, 0) is 6.92 Å². The zero-order chi connectivity index (χ0) is 5.98. The number of aliphatic hydroxyl groups is 1. The van der Waals surface area contributed by atoms with E-state index in [1.54, 1.807) is 6.92 Å². The zero-order valence-electron chi connectivity index (χ0n) is 4.52. The monoisotopic (exact) mass is 113 g/mol. The molecule has 1 heterocycles. The second kappa shape index (κ2) is 1.92. The Morgan fingerprint density at radius 2 is 2.50 bits per heavy atom. The van der Waals surface area contributed by atoms with E-state index < -0.39 is 6.23 Å². The molecule has 44 valence electrons. The highest BCUT2D eigenvalue weighted by Gasteiger charge is 1.94. The highest BCUT2D eigenvalue weighted by Crippen LogP contribution is 1.92. The number of nitrogens with zero attached hydrogens (tertiary/aromatic N) is 3. The van der Waals surface area contributed by atoms with Crippen LogP contribution in [-0.4, -0.2) is 19.9 Å². The van der Waals surface area contributed by atoms with Gasteiger partial charge in [0.05, 0.1) is 0 Å². The lowest BCUT2D eigenvalue weighted by atomic mass is 10.7. The predicted octanol–water partition coefficient (Wildman–Crippen LogP) is -0.211. The molecule has 0 aliphatic heterocycles. The van der Waals surface area contributed by atoms with E-state index in [1.165, 1.54) is 17.3 Å². The molecule has 1 unspecified atom stereocenters. The zero-order valence-corrected chi connectivity index (χ0v) is 4.52. The van der Waals surface area contributed by atoms with E-state index in [0.717, 1.165) is 0 Å². The van der Waals surface area contributed by atoms with Gasteiger partial charge in [-0.3, -0.25) is 0 Å². The highest BCUT2D eigenvalue weighted by atomic mass is 16.3. The largest absolute Gasteiger partial charge is 0.372 e. The molecule has 1 aromatic rings. The van der Waals surface area contributed by atoms with Gasteiger partial charge in [-0.1, -0.05) is 0 Å². The first-order valence-electron chi connectivity index (χ1n) is 2.33. The summed E-state index contributed by atoms with van der Waals surface area (Å²) < 4.78 is 1.36. The van der Waals surface area contributed by atoms with Crippen LogP contribution < -0.4 is 0 Å². The standard InChI is InChI=1S/C4H7N3O/c1-4(8)7-3-5-2-6-7/h2-4,8H,1H3. The Morgan fingerprint density at radius 1 is 1.75 bits per heavy atom. The molecule has 0 bridgehead atoms. The van der Waals surface area contributed by atoms with Gasteiger partial charge in [0, 0.05) is 0 Å². The molecular weight excluding hydrogens is 106 g/mol. The van der Waals surface area contributed by atoms with Crippen molar-refractivity contribution < 1.29 is 5.11 Å². The molecule has 0 saturated carbocycles. The Balaban J connectivity index is 2.77. The molecule has 0 radical (unpaired) electrons. The van der Waals surface area contributed by atoms with Crippen molar-refractivity contribution in [1.82, 2.24) is 14.8 Å². The van der Waals surface area contributed by atoms with Crippen molar-refractivity contribution in [2.45, 2.75) is 13.2 Å². The molecule has 1 rings (SSSR count). The summed E-state index contributed by atoms with van der Waals surface area (Å²) in [4.78, 5) is 3.64. The van der Waals surface area contributed by atoms with E-state index in [-0.39, 0.29) is 0 Å². The summed E-state index contributed by atoms with van der Waals surface area (Å²) >= 11 is 0. The van der Waals surface area contributed by atoms with Gasteiger partial charge >= 0.3 is 0 Å². The molecule has 0 spiro atoms. The Morgan fingerprint density at radius 3 is 2.75 bits per heavy atom. The van der Waals surface area contributed by atoms with Crippen molar-refractivity contribution in [3.8, 4) is 0 Å². The van der Waals surface area contributed by atoms with Crippen LogP contribution >= 0.6 is 0 Å². The Hall–Kier alpha value is -0.900. The van der Waals surface area contributed by atoms with Crippen LogP contribution in [0, 0.1) is 0 Å². The quantitative estimate of drug-likeness (QED) is 0.548. The van der Waals surface area contributed by atoms with Gasteiger partial charge in [-0.15, -0.1) is 0 Å². The van der Waals surface area contributed by atoms with Gasteiger partial charge in [-0.25, -0.2) is 9.67 Å². The average Bonchev–Trinajstić information content (AvgIpc) is 2.12. The van der Waals surface area contributed by atoms with Crippen LogP contribution in [0.5, 0.6) is 0 Å². The van der Waals surface area contributed by atoms with E-state index in [1.807, 2.05) is 0 Å². The van der Waals surface area contributed by atoms with E-state index in [9.17, 15) is 0 Å². The van der Waals surface area contributed by atoms with Crippen LogP contribution in [0.15, 0.2) is 12.7 Å². The van der Waals surface area contributed by atoms with Gasteiger partial charge < -0.3 is 5.11 Å². The normalized spacial score (nSPS) is 13.8. The number of hydrogen-bond acceptors (Lipinski definition) is 3. The summed E-state index contributed by atoms with van der Waals surface area (Å²) in [5, 5.41) is 12.4. The topological polar surface area (TPSA) is 50.9 Å². The van der Waals surface area contributed by atoms with Gasteiger partial charge in [0.25, 0.3) is 0 Å². The SMILES string of the molecule is CC(O)n1cncn1. The fourth-order valence-corrected chi connectivity index (χ4v) is 0.410. The lowest BCUT2D eigenvalue weighted by Gasteiger charge is -1.99. The van der Waals surface area contributed by atoms with E-state index >= 15 is 0 Å². The molecule has 0 saturated heterocycles. The molecular formula is C4H7N3O. The van der Waals surface area contributed by atoms with Crippen molar-refractivity contribution >= 4 is 0 Å². The Labute approximate surface area is 46.8 Å². The summed E-state index contributed by atoms with van der Waals surface area (Å²) in [6, 6.07) is 0. The molecule has 0 aliphatic rings. The van der Waals surface area contributed by atoms with E-state index in [2.05, 4.69) is 10.1 Å². The smallest absolute Gasteiger partial charge is 0.146 e. The third-order valence-electron chi connectivity index (χ3n) is 0.819. The molecule has 1 aromatic heterocycles. The molecule has 0 amide bonds. The summed E-state index contributed by atoms with van der Waals surface area (Å²) in [5.74, 6) is 0. The summed E-state index contributed by atoms with van der Waals surface area (Å²) in [7, 11) is 0. The lowest BCUT2D eigenvalue weighted by molar-refractivity contribution is 0.110. The second-order valence-corrected chi connectivity index (χ2v) is 1.51. The van der Waals surface area contributed by atoms with Crippen molar-refractivity contribution in [2.75, 3.05) is 0 Å². The van der Waals surface area contributed by atoms with Gasteiger partial charge in [0.1, 0.15) is 18.9 Å². The van der Waals surface area contributed by atoms with Gasteiger partial charge in [0.2, 0.25) is 0 Å². The number of aliphatic hydroxyl groups excluding tert-OH is 1. The molecule has 0 aromatic carbocycles. The number of hydrogen-bond donors (Lipinski definition) is 1. The maximum Gasteiger partial charge on any atom is 0.146 e. The van der Waals surface area contributed by atoms with Crippen LogP contribution in [0.1, 0.15) is 13.2 Å². The first-order chi connectivity index (χ1) is 3.80. The van der Waals surface area contributed by atoms with Crippen molar-refractivity contribution in [2.24, 2.45) is 0 Å². The average molecular weight is 113 g/mol. The van der Waals surface area contributed by atoms with Crippen LogP contribution in [0.25, 0.3) is 0 Å². The first-order valence-corrected chi connectivity index (χ1v) is 2.33. The highest BCUT2D eigenvalue weighted by molar-refractivity contribution is 4.56. The molecule has 1 atom stereocenters. The summed E-state index contributed by atoms with van der Waals surface area (Å²) in [5.41, 5.74) is 0. The Kier molecular flexibility index (Phi) is 1.26. The maximum atomic E-state index is 8.77. The minimum absolute atomic E-state index is 0.572. The molecule has 0 aliphatic carbocycles. The first kappa shape index (κ1) is 5.24. The van der Waals surface area contributed by atoms with Crippen LogP contribution in [0.2, 0.25) is 0 Å². The minimum atomic E-state index is -0.572. The second-order valence-electron chi connectivity index (χ2n) is 1.51. The third kappa shape index (κ3) is 0.840. The number of aromatic nitrogens is 3. The van der Waals surface area contributed by atoms with Crippen LogP contribution in [0.3, 0.4) is 0 Å². The molecule has 4 heteroatoms. The van der Waals surface area contributed by atoms with Crippen molar-refractivity contribution in [1.29, 1.82) is 0 Å². The molecule has 1 N–H and O–H groups in total. The lowest BCUT2D eigenvalue weighted by Crippen LogP contribution is -2.02. The maximum absolute atomic E-state index is 8.77. The van der Waals surface area contributed by atoms with Gasteiger partial charge in [0.15, 0.2) is 0 Å². The molecule has 0 fully saturated rings. The van der Waals surface area contributed by atoms with E-state index in [0.29, 0.717) is 0 Å². The molecule has 8 heavy (non-hydrogen) atoms. The molecule has 4 nitrogen and oxygen atoms in total. The van der Waals surface area contributed by atoms with Crippen LogP contribution in [0.4, 0.5) is 0 Å². The predicted molar refractivity (Wildman–Crippen MR) is 27.0 cm³/mol. The number of rotatable bonds is 1. The van der Waals surface area contributed by atoms with Gasteiger partial charge in [-0.2, -0.15) is 5.10 Å². The minimum Gasteiger partial charge on any atom is -0.372 e. The van der Waals surface area contributed by atoms with Crippen LogP contribution in [-0.2, 0) is 0 Å². The summed E-state index contributed by atoms with van der Waals surface area (Å²) in [6.07, 6.45) is 2.27. The fourth-order valence-electron chi connectivity index (χ4n) is 0.410. The third-order valence-corrected chi connectivity index (χ3v) is 0.819. The van der Waals surface area contributed by atoms with E-state index in [4.69, 9.17) is 5.11 Å².